The summed E-state index contributed by atoms with van der Waals surface area (Å²) in [7, 11) is 3.99. The normalized spacial score (nSPS) is 17.0. The maximum Gasteiger partial charge on any atom is 0.239 e. The number of nitrogens with zero attached hydrogens (tertiary/aromatic N) is 3. The van der Waals surface area contributed by atoms with Gasteiger partial charge in [0.25, 0.3) is 0 Å². The van der Waals surface area contributed by atoms with E-state index in [0.29, 0.717) is 6.54 Å². The molecule has 0 aliphatic carbocycles. The summed E-state index contributed by atoms with van der Waals surface area (Å²) in [5, 5.41) is 10.5. The minimum atomic E-state index is -0.583. The zero-order chi connectivity index (χ0) is 23.3. The van der Waals surface area contributed by atoms with Gasteiger partial charge in [-0.2, -0.15) is 0 Å². The molecule has 174 valence electrons. The second-order valence-corrected chi connectivity index (χ2v) is 8.80. The van der Waals surface area contributed by atoms with E-state index in [2.05, 4.69) is 9.80 Å². The largest absolute Gasteiger partial charge is 0.491 e. The third kappa shape index (κ3) is 6.00. The number of hydrogen-bond acceptors (Lipinski definition) is 6. The number of hydrogen-bond donors (Lipinski definition) is 2. The lowest BCUT2D eigenvalue weighted by molar-refractivity contribution is -0.124. The van der Waals surface area contributed by atoms with Crippen molar-refractivity contribution in [1.82, 2.24) is 9.80 Å². The van der Waals surface area contributed by atoms with Gasteiger partial charge in [0, 0.05) is 52.5 Å². The molecule has 0 bridgehead atoms. The lowest BCUT2D eigenvalue weighted by atomic mass is 9.94. The van der Waals surface area contributed by atoms with Crippen molar-refractivity contribution in [2.75, 3.05) is 58.3 Å². The zero-order valence-corrected chi connectivity index (χ0v) is 19.6. The molecule has 2 aromatic carbocycles. The zero-order valence-electron chi connectivity index (χ0n) is 19.6. The fourth-order valence-electron chi connectivity index (χ4n) is 4.35. The van der Waals surface area contributed by atoms with Crippen LogP contribution in [0, 0.1) is 13.8 Å². The first-order chi connectivity index (χ1) is 15.3. The summed E-state index contributed by atoms with van der Waals surface area (Å²) >= 11 is 0. The van der Waals surface area contributed by atoms with Gasteiger partial charge in [0.15, 0.2) is 0 Å². The van der Waals surface area contributed by atoms with Crippen LogP contribution in [0.25, 0.3) is 0 Å². The minimum Gasteiger partial charge on any atom is -0.491 e. The van der Waals surface area contributed by atoms with Crippen molar-refractivity contribution in [2.24, 2.45) is 5.73 Å². The van der Waals surface area contributed by atoms with E-state index < -0.39 is 12.1 Å². The molecular formula is C25H36N4O3. The molecule has 7 nitrogen and oxygen atoms in total. The van der Waals surface area contributed by atoms with Crippen LogP contribution in [0.5, 0.6) is 5.75 Å². The smallest absolute Gasteiger partial charge is 0.239 e. The number of aryl methyl sites for hydroxylation is 2. The third-order valence-corrected chi connectivity index (χ3v) is 6.12. The molecule has 2 atom stereocenters. The molecule has 0 saturated carbocycles. The van der Waals surface area contributed by atoms with Gasteiger partial charge in [-0.25, -0.2) is 0 Å². The Hall–Kier alpha value is -2.61. The highest BCUT2D eigenvalue weighted by atomic mass is 16.5. The van der Waals surface area contributed by atoms with Crippen LogP contribution in [0.4, 0.5) is 5.69 Å². The van der Waals surface area contributed by atoms with Crippen LogP contribution in [0.2, 0.25) is 0 Å². The molecule has 1 fully saturated rings. The molecule has 1 heterocycles. The Labute approximate surface area is 191 Å². The number of primary amides is 1. The molecule has 2 unspecified atom stereocenters. The number of carbonyl (C=O) groups excluding carboxylic acids is 1. The Kier molecular flexibility index (Phi) is 8.12. The Bertz CT molecular complexity index is 872. The number of aliphatic hydroxyl groups is 1. The summed E-state index contributed by atoms with van der Waals surface area (Å²) in [5.41, 5.74) is 10.1. The Morgan fingerprint density at radius 2 is 1.66 bits per heavy atom. The van der Waals surface area contributed by atoms with Crippen LogP contribution in [0.15, 0.2) is 42.5 Å². The van der Waals surface area contributed by atoms with Gasteiger partial charge >= 0.3 is 0 Å². The number of aliphatic hydroxyl groups excluding tert-OH is 1. The van der Waals surface area contributed by atoms with Crippen molar-refractivity contribution in [2.45, 2.75) is 26.0 Å². The topological polar surface area (TPSA) is 82.3 Å². The molecule has 1 saturated heterocycles. The molecule has 0 aromatic heterocycles. The molecule has 7 heteroatoms. The second kappa shape index (κ2) is 10.8. The first kappa shape index (κ1) is 24.0. The lowest BCUT2D eigenvalue weighted by Crippen LogP contribution is -2.52. The van der Waals surface area contributed by atoms with Gasteiger partial charge in [-0.3, -0.25) is 14.6 Å². The molecule has 2 aromatic rings. The van der Waals surface area contributed by atoms with E-state index in [4.69, 9.17) is 10.5 Å². The van der Waals surface area contributed by atoms with Crippen LogP contribution in [-0.2, 0) is 4.79 Å². The fraction of sp³-hybridized carbons (Fsp3) is 0.480. The van der Waals surface area contributed by atoms with Crippen LogP contribution in [0.3, 0.4) is 0 Å². The van der Waals surface area contributed by atoms with Crippen LogP contribution in [-0.4, -0.2) is 80.3 Å². The maximum absolute atomic E-state index is 12.3. The number of piperazine rings is 1. The number of carbonyl (C=O) groups is 1. The molecule has 1 aliphatic heterocycles. The quantitative estimate of drug-likeness (QED) is 0.620. The number of benzene rings is 2. The summed E-state index contributed by atoms with van der Waals surface area (Å²) in [6.45, 7) is 7.81. The van der Waals surface area contributed by atoms with E-state index in [9.17, 15) is 9.90 Å². The summed E-state index contributed by atoms with van der Waals surface area (Å²) in [5.74, 6) is 0.432. The molecule has 32 heavy (non-hydrogen) atoms. The standard InChI is InChI=1S/C25H36N4O3/c1-18-6-5-7-19(2)23(18)24(25(26)31)29-14-12-28(13-15-29)16-21(30)17-32-22-10-8-20(9-11-22)27(3)4/h5-11,21,24,30H,12-17H2,1-4H3,(H2,26,31). The fourth-order valence-corrected chi connectivity index (χ4v) is 4.35. The first-order valence-corrected chi connectivity index (χ1v) is 11.2. The molecule has 3 N–H and O–H groups in total. The van der Waals surface area contributed by atoms with Crippen LogP contribution < -0.4 is 15.4 Å². The Morgan fingerprint density at radius 1 is 1.06 bits per heavy atom. The molecule has 0 radical (unpaired) electrons. The van der Waals surface area contributed by atoms with Crippen LogP contribution in [0.1, 0.15) is 22.7 Å². The molecule has 1 amide bonds. The molecular weight excluding hydrogens is 404 g/mol. The maximum atomic E-state index is 12.3. The molecule has 1 aliphatic rings. The summed E-state index contributed by atoms with van der Waals surface area (Å²) in [4.78, 5) is 18.7. The Morgan fingerprint density at radius 3 is 2.19 bits per heavy atom. The van der Waals surface area contributed by atoms with Gasteiger partial charge in [0.2, 0.25) is 5.91 Å². The highest BCUT2D eigenvalue weighted by molar-refractivity contribution is 5.82. The monoisotopic (exact) mass is 440 g/mol. The highest BCUT2D eigenvalue weighted by Crippen LogP contribution is 2.28. The van der Waals surface area contributed by atoms with Crippen LogP contribution >= 0.6 is 0 Å². The van der Waals surface area contributed by atoms with E-state index in [-0.39, 0.29) is 12.5 Å². The molecule has 3 rings (SSSR count). The number of ether oxygens (including phenoxy) is 1. The predicted octanol–water partition coefficient (Wildman–Crippen LogP) is 1.95. The second-order valence-electron chi connectivity index (χ2n) is 8.80. The summed E-state index contributed by atoms with van der Waals surface area (Å²) in [6.07, 6.45) is -0.583. The predicted molar refractivity (Wildman–Crippen MR) is 128 cm³/mol. The first-order valence-electron chi connectivity index (χ1n) is 11.2. The lowest BCUT2D eigenvalue weighted by Gasteiger charge is -2.39. The van der Waals surface area contributed by atoms with E-state index in [1.807, 2.05) is 75.3 Å². The third-order valence-electron chi connectivity index (χ3n) is 6.12. The van der Waals surface area contributed by atoms with E-state index in [1.165, 1.54) is 0 Å². The average Bonchev–Trinajstić information content (AvgIpc) is 2.76. The van der Waals surface area contributed by atoms with Gasteiger partial charge in [-0.05, 0) is 54.8 Å². The SMILES string of the molecule is Cc1cccc(C)c1C(C(N)=O)N1CCN(CC(O)COc2ccc(N(C)C)cc2)CC1. The Balaban J connectivity index is 1.50. The van der Waals surface area contributed by atoms with E-state index in [1.54, 1.807) is 0 Å². The van der Waals surface area contributed by atoms with Gasteiger partial charge in [0.1, 0.15) is 24.5 Å². The molecule has 0 spiro atoms. The summed E-state index contributed by atoms with van der Waals surface area (Å²) < 4.78 is 5.75. The minimum absolute atomic E-state index is 0.244. The van der Waals surface area contributed by atoms with Crippen molar-refractivity contribution in [3.05, 3.63) is 59.2 Å². The number of amides is 1. The van der Waals surface area contributed by atoms with Gasteiger partial charge in [-0.15, -0.1) is 0 Å². The summed E-state index contributed by atoms with van der Waals surface area (Å²) in [6, 6.07) is 13.5. The van der Waals surface area contributed by atoms with Crippen molar-refractivity contribution in [3.8, 4) is 5.75 Å². The van der Waals surface area contributed by atoms with Gasteiger partial charge in [-0.1, -0.05) is 18.2 Å². The number of rotatable bonds is 9. The number of nitrogens with two attached hydrogens (primary N) is 1. The highest BCUT2D eigenvalue weighted by Gasteiger charge is 2.31. The van der Waals surface area contributed by atoms with Crippen molar-refractivity contribution in [3.63, 3.8) is 0 Å². The van der Waals surface area contributed by atoms with E-state index in [0.717, 1.165) is 54.3 Å². The van der Waals surface area contributed by atoms with Crippen molar-refractivity contribution in [1.29, 1.82) is 0 Å². The van der Waals surface area contributed by atoms with Crippen molar-refractivity contribution >= 4 is 11.6 Å². The van der Waals surface area contributed by atoms with Gasteiger partial charge < -0.3 is 20.5 Å². The van der Waals surface area contributed by atoms with Crippen molar-refractivity contribution < 1.29 is 14.6 Å². The average molecular weight is 441 g/mol. The van der Waals surface area contributed by atoms with Gasteiger partial charge in [0.05, 0.1) is 0 Å². The van der Waals surface area contributed by atoms with E-state index >= 15 is 0 Å². The number of β-amino-alcohol motifs (C(OH)–C–C–N with tert-alkyl or cyclic N) is 1. The number of anilines is 1.